The van der Waals surface area contributed by atoms with Crippen LogP contribution in [0.4, 0.5) is 0 Å². The van der Waals surface area contributed by atoms with Crippen LogP contribution in [0.2, 0.25) is 0 Å². The molecule has 1 aliphatic heterocycles. The Morgan fingerprint density at radius 1 is 0.857 bits per heavy atom. The van der Waals surface area contributed by atoms with Crippen molar-refractivity contribution in [2.45, 2.75) is 12.8 Å². The summed E-state index contributed by atoms with van der Waals surface area (Å²) < 4.78 is 5.58. The zero-order chi connectivity index (χ0) is 19.3. The van der Waals surface area contributed by atoms with E-state index < -0.39 is 0 Å². The topological polar surface area (TPSA) is 33.1 Å². The molecule has 0 spiro atoms. The van der Waals surface area contributed by atoms with Crippen LogP contribution < -0.4 is 0 Å². The third-order valence-electron chi connectivity index (χ3n) is 5.06. The molecule has 3 aromatic carbocycles. The highest BCUT2D eigenvalue weighted by atomic mass is 16.5. The Morgan fingerprint density at radius 3 is 2.50 bits per heavy atom. The molecule has 4 rings (SSSR count). The second-order valence-electron chi connectivity index (χ2n) is 7.00. The van der Waals surface area contributed by atoms with Crippen LogP contribution in [-0.4, -0.2) is 12.3 Å². The third kappa shape index (κ3) is 3.81. The first-order valence-electron chi connectivity index (χ1n) is 9.56. The zero-order valence-corrected chi connectivity index (χ0v) is 15.8. The van der Waals surface area contributed by atoms with Gasteiger partial charge < -0.3 is 4.74 Å². The number of benzene rings is 3. The van der Waals surface area contributed by atoms with E-state index in [9.17, 15) is 0 Å². The Balaban J connectivity index is 1.65. The monoisotopic (exact) mass is 365 g/mol. The first-order chi connectivity index (χ1) is 13.7. The average Bonchev–Trinajstić information content (AvgIpc) is 2.85. The van der Waals surface area contributed by atoms with Crippen LogP contribution >= 0.6 is 0 Å². The maximum Gasteiger partial charge on any atom is 0.106 e. The Morgan fingerprint density at radius 2 is 1.64 bits per heavy atom. The normalized spacial score (nSPS) is 15.7. The lowest BCUT2D eigenvalue weighted by Gasteiger charge is -2.13. The van der Waals surface area contributed by atoms with Crippen molar-refractivity contribution >= 4 is 16.5 Å². The average molecular weight is 365 g/mol. The molecule has 0 atom stereocenters. The fourth-order valence-corrected chi connectivity index (χ4v) is 3.45. The van der Waals surface area contributed by atoms with E-state index >= 15 is 0 Å². The highest BCUT2D eigenvalue weighted by Gasteiger charge is 2.13. The van der Waals surface area contributed by atoms with E-state index in [4.69, 9.17) is 10.1 Å². The van der Waals surface area contributed by atoms with E-state index in [0.717, 1.165) is 34.9 Å². The first-order valence-corrected chi connectivity index (χ1v) is 9.56. The number of rotatable bonds is 3. The van der Waals surface area contributed by atoms with E-state index in [0.29, 0.717) is 12.3 Å². The Hall–Kier alpha value is -3.39. The molecule has 0 bridgehead atoms. The standard InChI is InChI=1S/C26H23NO/c1-19-8-4-3-7-15-28-18-25(19)26(27)24-14-13-22-16-21(11-12-23(22)17-24)20-9-5-2-6-10-20/h2-3,5-7,9-14,16-18,27H,1,4,8,15H2/b7-3-,25-18?,27-26?. The molecule has 0 saturated carbocycles. The van der Waals surface area contributed by atoms with Gasteiger partial charge in [0.05, 0.1) is 12.0 Å². The van der Waals surface area contributed by atoms with Crippen LogP contribution in [0.3, 0.4) is 0 Å². The fraction of sp³-hybridized carbons (Fsp3) is 0.115. The molecule has 3 aromatic rings. The number of nitrogens with one attached hydrogen (secondary N) is 1. The van der Waals surface area contributed by atoms with Crippen LogP contribution in [0.1, 0.15) is 18.4 Å². The molecule has 2 heteroatoms. The largest absolute Gasteiger partial charge is 0.496 e. The lowest BCUT2D eigenvalue weighted by molar-refractivity contribution is 0.288. The summed E-state index contributed by atoms with van der Waals surface area (Å²) in [6, 6.07) is 23.0. The van der Waals surface area contributed by atoms with Crippen molar-refractivity contribution in [3.05, 3.63) is 108 Å². The molecular formula is C26H23NO. The Kier molecular flexibility index (Phi) is 5.20. The Labute approximate surface area is 166 Å². The van der Waals surface area contributed by atoms with Crippen molar-refractivity contribution in [2.24, 2.45) is 0 Å². The molecule has 0 radical (unpaired) electrons. The maximum absolute atomic E-state index is 8.72. The van der Waals surface area contributed by atoms with Crippen molar-refractivity contribution in [3.63, 3.8) is 0 Å². The molecule has 1 heterocycles. The van der Waals surface area contributed by atoms with E-state index in [2.05, 4.69) is 67.3 Å². The zero-order valence-electron chi connectivity index (χ0n) is 15.8. The predicted molar refractivity (Wildman–Crippen MR) is 118 cm³/mol. The van der Waals surface area contributed by atoms with Crippen LogP contribution in [0, 0.1) is 5.41 Å². The lowest BCUT2D eigenvalue weighted by atomic mass is 9.93. The molecule has 1 N–H and O–H groups in total. The van der Waals surface area contributed by atoms with Gasteiger partial charge in [0.1, 0.15) is 6.61 Å². The molecule has 0 saturated heterocycles. The van der Waals surface area contributed by atoms with Crippen LogP contribution in [-0.2, 0) is 4.74 Å². The molecule has 0 aromatic heterocycles. The number of allylic oxidation sites excluding steroid dienone is 3. The van der Waals surface area contributed by atoms with Gasteiger partial charge in [-0.1, -0.05) is 73.3 Å². The molecule has 138 valence electrons. The van der Waals surface area contributed by atoms with E-state index in [1.165, 1.54) is 16.5 Å². The van der Waals surface area contributed by atoms with Gasteiger partial charge in [-0.2, -0.15) is 0 Å². The molecule has 0 aliphatic carbocycles. The van der Waals surface area contributed by atoms with Crippen LogP contribution in [0.25, 0.3) is 21.9 Å². The molecule has 28 heavy (non-hydrogen) atoms. The van der Waals surface area contributed by atoms with E-state index in [1.54, 1.807) is 6.26 Å². The summed E-state index contributed by atoms with van der Waals surface area (Å²) in [5.74, 6) is 0. The van der Waals surface area contributed by atoms with Gasteiger partial charge >= 0.3 is 0 Å². The molecular weight excluding hydrogens is 342 g/mol. The summed E-state index contributed by atoms with van der Waals surface area (Å²) in [5.41, 5.74) is 5.47. The predicted octanol–water partition coefficient (Wildman–Crippen LogP) is 6.68. The van der Waals surface area contributed by atoms with Gasteiger partial charge in [0.25, 0.3) is 0 Å². The Bertz CT molecular complexity index is 1090. The van der Waals surface area contributed by atoms with Crippen molar-refractivity contribution in [1.29, 1.82) is 5.41 Å². The summed E-state index contributed by atoms with van der Waals surface area (Å²) >= 11 is 0. The van der Waals surface area contributed by atoms with Gasteiger partial charge in [-0.15, -0.1) is 0 Å². The van der Waals surface area contributed by atoms with Crippen molar-refractivity contribution < 1.29 is 4.74 Å². The van der Waals surface area contributed by atoms with Crippen LogP contribution in [0.15, 0.2) is 103 Å². The molecule has 2 nitrogen and oxygen atoms in total. The molecule has 0 unspecified atom stereocenters. The smallest absolute Gasteiger partial charge is 0.106 e. The number of hydrogen-bond donors (Lipinski definition) is 1. The third-order valence-corrected chi connectivity index (χ3v) is 5.06. The van der Waals surface area contributed by atoms with Crippen molar-refractivity contribution in [3.8, 4) is 11.1 Å². The van der Waals surface area contributed by atoms with E-state index in [1.807, 2.05) is 18.2 Å². The highest BCUT2D eigenvalue weighted by Crippen LogP contribution is 2.27. The molecule has 0 amide bonds. The quantitative estimate of drug-likeness (QED) is 0.407. The van der Waals surface area contributed by atoms with Crippen molar-refractivity contribution in [2.75, 3.05) is 6.61 Å². The minimum absolute atomic E-state index is 0.459. The maximum atomic E-state index is 8.72. The van der Waals surface area contributed by atoms with Gasteiger partial charge in [0.2, 0.25) is 0 Å². The van der Waals surface area contributed by atoms with Crippen molar-refractivity contribution in [1.82, 2.24) is 0 Å². The first kappa shape index (κ1) is 18.0. The van der Waals surface area contributed by atoms with Crippen LogP contribution in [0.5, 0.6) is 0 Å². The number of fused-ring (bicyclic) bond motifs is 1. The summed E-state index contributed by atoms with van der Waals surface area (Å²) in [4.78, 5) is 0. The summed E-state index contributed by atoms with van der Waals surface area (Å²) in [7, 11) is 0. The van der Waals surface area contributed by atoms with Gasteiger partial charge in [-0.05, 0) is 52.4 Å². The summed E-state index contributed by atoms with van der Waals surface area (Å²) in [6.07, 6.45) is 7.56. The minimum atomic E-state index is 0.459. The summed E-state index contributed by atoms with van der Waals surface area (Å²) in [5, 5.41) is 11.0. The minimum Gasteiger partial charge on any atom is -0.496 e. The van der Waals surface area contributed by atoms with E-state index in [-0.39, 0.29) is 0 Å². The number of hydrogen-bond acceptors (Lipinski definition) is 2. The van der Waals surface area contributed by atoms with Gasteiger partial charge in [-0.25, -0.2) is 0 Å². The number of ether oxygens (including phenoxy) is 1. The SMILES string of the molecule is C=C1CC/C=C\COC=C1C(=N)c1ccc2cc(-c3ccccc3)ccc2c1. The second-order valence-corrected chi connectivity index (χ2v) is 7.00. The highest BCUT2D eigenvalue weighted by molar-refractivity contribution is 6.14. The lowest BCUT2D eigenvalue weighted by Crippen LogP contribution is -2.06. The fourth-order valence-electron chi connectivity index (χ4n) is 3.45. The second kappa shape index (κ2) is 8.10. The summed E-state index contributed by atoms with van der Waals surface area (Å²) in [6.45, 7) is 4.70. The molecule has 0 fully saturated rings. The van der Waals surface area contributed by atoms with Gasteiger partial charge in [-0.3, -0.25) is 5.41 Å². The molecule has 1 aliphatic rings. The van der Waals surface area contributed by atoms with Gasteiger partial charge in [0, 0.05) is 11.1 Å². The van der Waals surface area contributed by atoms with Gasteiger partial charge in [0.15, 0.2) is 0 Å².